The molecule has 2 aromatic heterocycles. The number of H-pyrrole nitrogens is 1. The highest BCUT2D eigenvalue weighted by Gasteiger charge is 2.20. The van der Waals surface area contributed by atoms with Crippen LogP contribution in [0, 0.1) is 0 Å². The maximum Gasteiger partial charge on any atom is 0.357 e. The summed E-state index contributed by atoms with van der Waals surface area (Å²) in [5.74, 6) is 0.173. The van der Waals surface area contributed by atoms with Gasteiger partial charge in [-0.05, 0) is 26.0 Å². The summed E-state index contributed by atoms with van der Waals surface area (Å²) in [5.41, 5.74) is 1.68. The Bertz CT molecular complexity index is 890. The van der Waals surface area contributed by atoms with Crippen LogP contribution in [0.25, 0.3) is 11.3 Å². The normalized spacial score (nSPS) is 12.0. The number of nitrogens with zero attached hydrogens (tertiary/aromatic N) is 3. The van der Waals surface area contributed by atoms with E-state index in [9.17, 15) is 4.79 Å². The topological polar surface area (TPSA) is 82.0 Å². The molecule has 8 heteroatoms. The van der Waals surface area contributed by atoms with E-state index in [4.69, 9.17) is 21.1 Å². The Hall–Kier alpha value is -2.80. The zero-order valence-corrected chi connectivity index (χ0v) is 15.2. The molecule has 26 heavy (non-hydrogen) atoms. The second kappa shape index (κ2) is 8.05. The maximum absolute atomic E-state index is 12.1. The number of imidazole rings is 1. The minimum absolute atomic E-state index is 0.166. The van der Waals surface area contributed by atoms with Gasteiger partial charge in [0.15, 0.2) is 5.69 Å². The van der Waals surface area contributed by atoms with E-state index in [1.807, 2.05) is 29.7 Å². The van der Waals surface area contributed by atoms with Gasteiger partial charge < -0.3 is 14.0 Å². The second-order valence-electron chi connectivity index (χ2n) is 5.67. The Morgan fingerprint density at radius 2 is 2.15 bits per heavy atom. The van der Waals surface area contributed by atoms with Crippen molar-refractivity contribution in [2.45, 2.75) is 26.5 Å². The monoisotopic (exact) mass is 374 g/mol. The number of nitrogens with one attached hydrogen (secondary N) is 1. The molecule has 0 amide bonds. The Labute approximate surface area is 155 Å². The number of hydrogen-bond acceptors (Lipinski definition) is 5. The summed E-state index contributed by atoms with van der Waals surface area (Å²) >= 11 is 6.14. The third-order valence-electron chi connectivity index (χ3n) is 3.73. The maximum atomic E-state index is 12.1. The molecular weight excluding hydrogens is 356 g/mol. The summed E-state index contributed by atoms with van der Waals surface area (Å²) in [7, 11) is 0. The van der Waals surface area contributed by atoms with Gasteiger partial charge in [-0.1, -0.05) is 23.7 Å². The lowest BCUT2D eigenvalue weighted by molar-refractivity contribution is 0.0520. The number of carbonyl (C=O) groups excluding carboxylic acids is 1. The van der Waals surface area contributed by atoms with E-state index < -0.39 is 5.97 Å². The number of rotatable bonds is 7. The Balaban J connectivity index is 1.78. The van der Waals surface area contributed by atoms with Crippen molar-refractivity contribution < 1.29 is 14.3 Å². The fourth-order valence-corrected chi connectivity index (χ4v) is 2.78. The predicted molar refractivity (Wildman–Crippen MR) is 97.3 cm³/mol. The third kappa shape index (κ3) is 3.88. The molecule has 0 bridgehead atoms. The van der Waals surface area contributed by atoms with Crippen LogP contribution in [0.15, 0.2) is 43.0 Å². The van der Waals surface area contributed by atoms with Crippen molar-refractivity contribution in [1.82, 2.24) is 19.7 Å². The summed E-state index contributed by atoms with van der Waals surface area (Å²) in [5, 5.41) is 7.22. The number of ether oxygens (including phenoxy) is 2. The summed E-state index contributed by atoms with van der Waals surface area (Å²) in [6, 6.07) is 7.32. The van der Waals surface area contributed by atoms with Crippen molar-refractivity contribution in [2.24, 2.45) is 0 Å². The van der Waals surface area contributed by atoms with Gasteiger partial charge in [0.1, 0.15) is 11.9 Å². The quantitative estimate of drug-likeness (QED) is 0.639. The number of esters is 1. The molecule has 0 fully saturated rings. The highest BCUT2D eigenvalue weighted by atomic mass is 35.5. The summed E-state index contributed by atoms with van der Waals surface area (Å²) in [6.45, 7) is 4.51. The van der Waals surface area contributed by atoms with Crippen molar-refractivity contribution >= 4 is 17.6 Å². The number of aromatic nitrogens is 4. The van der Waals surface area contributed by atoms with E-state index in [2.05, 4.69) is 15.2 Å². The first kappa shape index (κ1) is 18.0. The highest BCUT2D eigenvalue weighted by Crippen LogP contribution is 2.26. The van der Waals surface area contributed by atoms with Crippen molar-refractivity contribution in [1.29, 1.82) is 0 Å². The van der Waals surface area contributed by atoms with Crippen LogP contribution >= 0.6 is 11.6 Å². The van der Waals surface area contributed by atoms with Crippen molar-refractivity contribution in [3.63, 3.8) is 0 Å². The molecule has 2 heterocycles. The Morgan fingerprint density at radius 1 is 1.35 bits per heavy atom. The van der Waals surface area contributed by atoms with Gasteiger partial charge in [0.25, 0.3) is 0 Å². The van der Waals surface area contributed by atoms with Gasteiger partial charge in [0, 0.05) is 0 Å². The lowest BCUT2D eigenvalue weighted by atomic mass is 10.2. The van der Waals surface area contributed by atoms with E-state index in [0.717, 1.165) is 5.69 Å². The van der Waals surface area contributed by atoms with Crippen molar-refractivity contribution in [3.8, 4) is 17.0 Å². The Kier molecular flexibility index (Phi) is 5.58. The molecule has 1 aromatic carbocycles. The van der Waals surface area contributed by atoms with Crippen LogP contribution in [0.4, 0.5) is 0 Å². The SMILES string of the molecule is CCOC(=O)c1[nH]ncc1-c1cncn1C[C@H](C)Oc1ccccc1Cl. The van der Waals surface area contributed by atoms with Crippen LogP contribution in [-0.2, 0) is 11.3 Å². The van der Waals surface area contributed by atoms with Gasteiger partial charge in [0.05, 0.1) is 48.2 Å². The fraction of sp³-hybridized carbons (Fsp3) is 0.278. The molecule has 0 saturated heterocycles. The van der Waals surface area contributed by atoms with Gasteiger partial charge in [-0.25, -0.2) is 9.78 Å². The van der Waals surface area contributed by atoms with E-state index in [1.165, 1.54) is 0 Å². The molecule has 0 aliphatic heterocycles. The zero-order valence-electron chi connectivity index (χ0n) is 14.5. The van der Waals surface area contributed by atoms with Crippen LogP contribution in [-0.4, -0.2) is 38.4 Å². The number of halogens is 1. The number of aromatic amines is 1. The molecule has 0 aliphatic carbocycles. The lowest BCUT2D eigenvalue weighted by Crippen LogP contribution is -2.20. The first-order valence-corrected chi connectivity index (χ1v) is 8.60. The van der Waals surface area contributed by atoms with Crippen molar-refractivity contribution in [2.75, 3.05) is 6.61 Å². The fourth-order valence-electron chi connectivity index (χ4n) is 2.60. The number of hydrogen-bond donors (Lipinski definition) is 1. The Morgan fingerprint density at radius 3 is 2.92 bits per heavy atom. The molecule has 0 spiro atoms. The van der Waals surface area contributed by atoms with Crippen LogP contribution in [0.5, 0.6) is 5.75 Å². The first-order chi connectivity index (χ1) is 12.6. The lowest BCUT2D eigenvalue weighted by Gasteiger charge is -2.17. The zero-order chi connectivity index (χ0) is 18.5. The number of carbonyl (C=O) groups is 1. The van der Waals surface area contributed by atoms with Crippen LogP contribution in [0.1, 0.15) is 24.3 Å². The minimum Gasteiger partial charge on any atom is -0.487 e. The molecule has 0 aliphatic rings. The van der Waals surface area contributed by atoms with E-state index in [0.29, 0.717) is 35.2 Å². The predicted octanol–water partition coefficient (Wildman–Crippen LogP) is 3.57. The summed E-state index contributed by atoms with van der Waals surface area (Å²) < 4.78 is 12.9. The average Bonchev–Trinajstić information content (AvgIpc) is 3.25. The standard InChI is InChI=1S/C18H19ClN4O3/c1-3-25-18(24)17-13(8-21-22-17)15-9-20-11-23(15)10-12(2)26-16-7-5-4-6-14(16)19/h4-9,11-12H,3,10H2,1-2H3,(H,21,22)/t12-/m0/s1. The number of para-hydroxylation sites is 1. The largest absolute Gasteiger partial charge is 0.487 e. The van der Waals surface area contributed by atoms with E-state index >= 15 is 0 Å². The van der Waals surface area contributed by atoms with E-state index in [-0.39, 0.29) is 6.10 Å². The van der Waals surface area contributed by atoms with Crippen molar-refractivity contribution in [3.05, 3.63) is 53.7 Å². The molecule has 1 atom stereocenters. The van der Waals surface area contributed by atoms with Gasteiger partial charge in [-0.2, -0.15) is 5.10 Å². The molecule has 136 valence electrons. The molecule has 3 aromatic rings. The van der Waals surface area contributed by atoms with Crippen LogP contribution in [0.3, 0.4) is 0 Å². The molecular formula is C18H19ClN4O3. The van der Waals surface area contributed by atoms with Crippen LogP contribution in [0.2, 0.25) is 5.02 Å². The van der Waals surface area contributed by atoms with Crippen LogP contribution < -0.4 is 4.74 Å². The molecule has 1 N–H and O–H groups in total. The third-order valence-corrected chi connectivity index (χ3v) is 4.04. The minimum atomic E-state index is -0.451. The molecule has 3 rings (SSSR count). The van der Waals surface area contributed by atoms with Gasteiger partial charge >= 0.3 is 5.97 Å². The second-order valence-corrected chi connectivity index (χ2v) is 6.08. The number of benzene rings is 1. The summed E-state index contributed by atoms with van der Waals surface area (Å²) in [6.07, 6.45) is 4.78. The van der Waals surface area contributed by atoms with E-state index in [1.54, 1.807) is 31.7 Å². The molecule has 0 saturated carbocycles. The molecule has 0 unspecified atom stereocenters. The van der Waals surface area contributed by atoms with Gasteiger partial charge in [-0.3, -0.25) is 5.10 Å². The van der Waals surface area contributed by atoms with Gasteiger partial charge in [-0.15, -0.1) is 0 Å². The summed E-state index contributed by atoms with van der Waals surface area (Å²) in [4.78, 5) is 16.3. The highest BCUT2D eigenvalue weighted by molar-refractivity contribution is 6.32. The average molecular weight is 375 g/mol. The first-order valence-electron chi connectivity index (χ1n) is 8.22. The smallest absolute Gasteiger partial charge is 0.357 e. The molecule has 0 radical (unpaired) electrons. The molecule has 7 nitrogen and oxygen atoms in total. The van der Waals surface area contributed by atoms with Gasteiger partial charge in [0.2, 0.25) is 0 Å².